The molecular formula is C14H19N3OS. The zero-order valence-corrected chi connectivity index (χ0v) is 11.7. The Morgan fingerprint density at radius 2 is 2.26 bits per heavy atom. The number of likely N-dealkylation sites (tertiary alicyclic amines) is 1. The molecule has 3 heterocycles. The highest BCUT2D eigenvalue weighted by atomic mass is 32.1. The number of hydrogen-bond acceptors (Lipinski definition) is 5. The maximum Gasteiger partial charge on any atom is 0.177 e. The van der Waals surface area contributed by atoms with Crippen molar-refractivity contribution in [1.29, 1.82) is 0 Å². The predicted molar refractivity (Wildman–Crippen MR) is 76.9 cm³/mol. The molecular weight excluding hydrogens is 258 g/mol. The van der Waals surface area contributed by atoms with Gasteiger partial charge in [-0.25, -0.2) is 0 Å². The van der Waals surface area contributed by atoms with Crippen LogP contribution in [0.2, 0.25) is 0 Å². The van der Waals surface area contributed by atoms with Crippen molar-refractivity contribution in [3.05, 3.63) is 29.3 Å². The zero-order chi connectivity index (χ0) is 13.1. The number of rotatable bonds is 4. The molecule has 0 spiro atoms. The summed E-state index contributed by atoms with van der Waals surface area (Å²) in [6.45, 7) is 3.93. The topological polar surface area (TPSA) is 55.3 Å². The molecule has 102 valence electrons. The van der Waals surface area contributed by atoms with Crippen LogP contribution in [-0.2, 0) is 6.54 Å². The normalized spacial score (nSPS) is 17.9. The van der Waals surface area contributed by atoms with E-state index in [1.807, 2.05) is 6.07 Å². The summed E-state index contributed by atoms with van der Waals surface area (Å²) >= 11 is 1.68. The van der Waals surface area contributed by atoms with Crippen molar-refractivity contribution in [2.45, 2.75) is 19.4 Å². The van der Waals surface area contributed by atoms with Crippen molar-refractivity contribution in [2.24, 2.45) is 11.7 Å². The van der Waals surface area contributed by atoms with E-state index in [4.69, 9.17) is 10.3 Å². The van der Waals surface area contributed by atoms with Gasteiger partial charge < -0.3 is 10.3 Å². The van der Waals surface area contributed by atoms with Gasteiger partial charge in [-0.3, -0.25) is 4.90 Å². The average molecular weight is 277 g/mol. The lowest BCUT2D eigenvalue weighted by molar-refractivity contribution is 0.176. The number of nitrogens with zero attached hydrogens (tertiary/aromatic N) is 2. The summed E-state index contributed by atoms with van der Waals surface area (Å²) in [7, 11) is 0. The van der Waals surface area contributed by atoms with Crippen LogP contribution >= 0.6 is 11.3 Å². The van der Waals surface area contributed by atoms with E-state index in [-0.39, 0.29) is 0 Å². The Kier molecular flexibility index (Phi) is 3.96. The van der Waals surface area contributed by atoms with Crippen molar-refractivity contribution in [1.82, 2.24) is 10.1 Å². The van der Waals surface area contributed by atoms with Crippen LogP contribution < -0.4 is 5.73 Å². The van der Waals surface area contributed by atoms with Gasteiger partial charge in [0.1, 0.15) is 0 Å². The van der Waals surface area contributed by atoms with Crippen molar-refractivity contribution in [3.63, 3.8) is 0 Å². The smallest absolute Gasteiger partial charge is 0.177 e. The van der Waals surface area contributed by atoms with Crippen molar-refractivity contribution < 1.29 is 4.52 Å². The molecule has 3 rings (SSSR count). The van der Waals surface area contributed by atoms with Crippen LogP contribution in [-0.4, -0.2) is 29.7 Å². The van der Waals surface area contributed by atoms with Gasteiger partial charge in [0.2, 0.25) is 0 Å². The van der Waals surface area contributed by atoms with Crippen LogP contribution in [0.3, 0.4) is 0 Å². The summed E-state index contributed by atoms with van der Waals surface area (Å²) in [5.74, 6) is 1.58. The molecule has 0 unspecified atom stereocenters. The van der Waals surface area contributed by atoms with Crippen LogP contribution in [0.5, 0.6) is 0 Å². The molecule has 2 aromatic heterocycles. The van der Waals surface area contributed by atoms with E-state index in [1.54, 1.807) is 11.3 Å². The molecule has 5 heteroatoms. The summed E-state index contributed by atoms with van der Waals surface area (Å²) in [5, 5.41) is 6.22. The van der Waals surface area contributed by atoms with Gasteiger partial charge in [0.05, 0.1) is 10.6 Å². The molecule has 19 heavy (non-hydrogen) atoms. The first-order valence-corrected chi connectivity index (χ1v) is 7.65. The lowest BCUT2D eigenvalue weighted by Gasteiger charge is -2.30. The van der Waals surface area contributed by atoms with E-state index in [0.717, 1.165) is 42.5 Å². The van der Waals surface area contributed by atoms with Gasteiger partial charge in [-0.05, 0) is 49.8 Å². The van der Waals surface area contributed by atoms with Gasteiger partial charge in [-0.2, -0.15) is 0 Å². The lowest BCUT2D eigenvalue weighted by Crippen LogP contribution is -2.35. The fraction of sp³-hybridized carbons (Fsp3) is 0.500. The van der Waals surface area contributed by atoms with Crippen molar-refractivity contribution >= 4 is 11.3 Å². The van der Waals surface area contributed by atoms with Crippen LogP contribution in [0.1, 0.15) is 18.5 Å². The highest BCUT2D eigenvalue weighted by molar-refractivity contribution is 7.13. The number of aromatic nitrogens is 1. The van der Waals surface area contributed by atoms with E-state index in [0.29, 0.717) is 5.92 Å². The Morgan fingerprint density at radius 3 is 2.95 bits per heavy atom. The molecule has 0 aromatic carbocycles. The van der Waals surface area contributed by atoms with E-state index in [1.165, 1.54) is 12.8 Å². The number of thiophene rings is 1. The Hall–Kier alpha value is -1.17. The minimum atomic E-state index is 0.704. The molecule has 1 fully saturated rings. The summed E-state index contributed by atoms with van der Waals surface area (Å²) in [4.78, 5) is 3.57. The average Bonchev–Trinajstić information content (AvgIpc) is 3.10. The summed E-state index contributed by atoms with van der Waals surface area (Å²) in [6.07, 6.45) is 2.40. The third kappa shape index (κ3) is 3.05. The van der Waals surface area contributed by atoms with Crippen LogP contribution in [0.15, 0.2) is 28.1 Å². The maximum absolute atomic E-state index is 5.71. The second-order valence-electron chi connectivity index (χ2n) is 5.12. The quantitative estimate of drug-likeness (QED) is 0.933. The highest BCUT2D eigenvalue weighted by Gasteiger charge is 2.19. The standard InChI is InChI=1S/C14H19N3OS/c15-9-11-3-5-17(6-4-11)10-12-8-13(18-16-12)14-2-1-7-19-14/h1-2,7-8,11H,3-6,9-10,15H2. The molecule has 2 N–H and O–H groups in total. The van der Waals surface area contributed by atoms with E-state index < -0.39 is 0 Å². The fourth-order valence-corrected chi connectivity index (χ4v) is 3.20. The molecule has 0 atom stereocenters. The second kappa shape index (κ2) is 5.86. The van der Waals surface area contributed by atoms with Crippen LogP contribution in [0, 0.1) is 5.92 Å². The Morgan fingerprint density at radius 1 is 1.42 bits per heavy atom. The summed E-state index contributed by atoms with van der Waals surface area (Å²) in [6, 6.07) is 6.14. The number of hydrogen-bond donors (Lipinski definition) is 1. The molecule has 1 saturated heterocycles. The maximum atomic E-state index is 5.71. The first kappa shape index (κ1) is 12.8. The molecule has 4 nitrogen and oxygen atoms in total. The summed E-state index contributed by atoms with van der Waals surface area (Å²) < 4.78 is 5.41. The molecule has 0 aliphatic carbocycles. The minimum Gasteiger partial charge on any atom is -0.355 e. The first-order chi connectivity index (χ1) is 9.35. The third-order valence-electron chi connectivity index (χ3n) is 3.75. The van der Waals surface area contributed by atoms with Crippen LogP contribution in [0.25, 0.3) is 10.6 Å². The zero-order valence-electron chi connectivity index (χ0n) is 10.9. The largest absolute Gasteiger partial charge is 0.355 e. The van der Waals surface area contributed by atoms with E-state index >= 15 is 0 Å². The van der Waals surface area contributed by atoms with Gasteiger partial charge in [0.15, 0.2) is 5.76 Å². The third-order valence-corrected chi connectivity index (χ3v) is 4.63. The molecule has 0 saturated carbocycles. The monoisotopic (exact) mass is 277 g/mol. The number of nitrogens with two attached hydrogens (primary N) is 1. The van der Waals surface area contributed by atoms with Crippen LogP contribution in [0.4, 0.5) is 0 Å². The Balaban J connectivity index is 1.59. The minimum absolute atomic E-state index is 0.704. The molecule has 2 aromatic rings. The predicted octanol–water partition coefficient (Wildman–Crippen LogP) is 2.57. The van der Waals surface area contributed by atoms with Crippen molar-refractivity contribution in [3.8, 4) is 10.6 Å². The van der Waals surface area contributed by atoms with Gasteiger partial charge in [0.25, 0.3) is 0 Å². The SMILES string of the molecule is NCC1CCN(Cc2cc(-c3cccs3)on2)CC1. The first-order valence-electron chi connectivity index (χ1n) is 6.77. The van der Waals surface area contributed by atoms with Gasteiger partial charge in [-0.15, -0.1) is 11.3 Å². The molecule has 1 aliphatic heterocycles. The molecule has 0 bridgehead atoms. The Bertz CT molecular complexity index is 501. The second-order valence-corrected chi connectivity index (χ2v) is 6.06. The van der Waals surface area contributed by atoms with Crippen molar-refractivity contribution in [2.75, 3.05) is 19.6 Å². The van der Waals surface area contributed by atoms with Gasteiger partial charge in [-0.1, -0.05) is 11.2 Å². The highest BCUT2D eigenvalue weighted by Crippen LogP contribution is 2.26. The van der Waals surface area contributed by atoms with E-state index in [9.17, 15) is 0 Å². The fourth-order valence-electron chi connectivity index (χ4n) is 2.53. The van der Waals surface area contributed by atoms with E-state index in [2.05, 4.69) is 27.6 Å². The van der Waals surface area contributed by atoms with Gasteiger partial charge in [0, 0.05) is 12.6 Å². The molecule has 0 radical (unpaired) electrons. The lowest BCUT2D eigenvalue weighted by atomic mass is 9.97. The Labute approximate surface area is 117 Å². The molecule has 1 aliphatic rings. The summed E-state index contributed by atoms with van der Waals surface area (Å²) in [5.41, 5.74) is 6.74. The van der Waals surface area contributed by atoms with Gasteiger partial charge >= 0.3 is 0 Å². The number of piperidine rings is 1. The molecule has 0 amide bonds.